The minimum absolute atomic E-state index is 0.0734. The highest BCUT2D eigenvalue weighted by Gasteiger charge is 2.36. The fourth-order valence-corrected chi connectivity index (χ4v) is 4.93. The van der Waals surface area contributed by atoms with E-state index in [1.165, 1.54) is 11.3 Å². The minimum atomic E-state index is -3.36. The van der Waals surface area contributed by atoms with Crippen LogP contribution in [0.25, 0.3) is 0 Å². The van der Waals surface area contributed by atoms with Crippen LogP contribution in [0.2, 0.25) is 0 Å². The number of nitrogens with zero attached hydrogens (tertiary/aromatic N) is 1. The Bertz CT molecular complexity index is 724. The molecular weight excluding hydrogens is 306 g/mol. The van der Waals surface area contributed by atoms with Gasteiger partial charge in [-0.2, -0.15) is 0 Å². The number of hydrogen-bond donors (Lipinski definition) is 0. The van der Waals surface area contributed by atoms with Gasteiger partial charge in [-0.15, -0.1) is 11.3 Å². The zero-order valence-electron chi connectivity index (χ0n) is 11.3. The van der Waals surface area contributed by atoms with E-state index < -0.39 is 15.1 Å². The summed E-state index contributed by atoms with van der Waals surface area (Å²) in [6, 6.07) is 12.0. The Morgan fingerprint density at radius 1 is 1.14 bits per heavy atom. The Morgan fingerprint density at radius 2 is 1.90 bits per heavy atom. The molecule has 1 unspecified atom stereocenters. The molecule has 1 atom stereocenters. The fraction of sp³-hybridized carbons (Fsp3) is 0.267. The number of carbonyl (C=O) groups excluding carboxylic acids is 1. The molecule has 2 heterocycles. The molecule has 6 heteroatoms. The summed E-state index contributed by atoms with van der Waals surface area (Å²) < 4.78 is 25.1. The average Bonchev–Trinajstić information content (AvgIpc) is 3.19. The second kappa shape index (κ2) is 5.61. The molecule has 1 amide bonds. The van der Waals surface area contributed by atoms with E-state index in [-0.39, 0.29) is 12.5 Å². The molecule has 3 rings (SSSR count). The Hall–Kier alpha value is -1.66. The maximum atomic E-state index is 12.6. The lowest BCUT2D eigenvalue weighted by atomic mass is 10.4. The Balaban J connectivity index is 1.77. The van der Waals surface area contributed by atoms with E-state index in [4.69, 9.17) is 0 Å². The van der Waals surface area contributed by atoms with Crippen molar-refractivity contribution < 1.29 is 13.2 Å². The van der Waals surface area contributed by atoms with E-state index in [0.717, 1.165) is 0 Å². The lowest BCUT2D eigenvalue weighted by molar-refractivity contribution is 0.0798. The van der Waals surface area contributed by atoms with Crippen LogP contribution < -0.4 is 0 Å². The molecule has 0 saturated carbocycles. The number of rotatable bonds is 3. The molecule has 1 aromatic heterocycles. The van der Waals surface area contributed by atoms with Gasteiger partial charge in [-0.05, 0) is 30.0 Å². The zero-order valence-corrected chi connectivity index (χ0v) is 12.9. The SMILES string of the molecule is O=C(c1cccs1)N1CCC(S(=O)(=O)c2ccccc2)C1. The van der Waals surface area contributed by atoms with Crippen molar-refractivity contribution in [3.8, 4) is 0 Å². The van der Waals surface area contributed by atoms with Crippen LogP contribution >= 0.6 is 11.3 Å². The first kappa shape index (κ1) is 14.3. The lowest BCUT2D eigenvalue weighted by Crippen LogP contribution is -2.31. The van der Waals surface area contributed by atoms with Crippen LogP contribution in [-0.4, -0.2) is 37.6 Å². The van der Waals surface area contributed by atoms with E-state index >= 15 is 0 Å². The number of benzene rings is 1. The minimum Gasteiger partial charge on any atom is -0.337 e. The van der Waals surface area contributed by atoms with Gasteiger partial charge in [-0.25, -0.2) is 8.42 Å². The van der Waals surface area contributed by atoms with Crippen LogP contribution in [0.4, 0.5) is 0 Å². The normalized spacial score (nSPS) is 18.9. The first-order chi connectivity index (χ1) is 10.1. The van der Waals surface area contributed by atoms with Gasteiger partial charge in [0.1, 0.15) is 0 Å². The summed E-state index contributed by atoms with van der Waals surface area (Å²) in [5, 5.41) is 1.34. The predicted octanol–water partition coefficient (Wildman–Crippen LogP) is 2.44. The molecule has 0 N–H and O–H groups in total. The van der Waals surface area contributed by atoms with E-state index in [1.54, 1.807) is 41.3 Å². The molecule has 1 fully saturated rings. The van der Waals surface area contributed by atoms with Crippen LogP contribution in [0.15, 0.2) is 52.7 Å². The highest BCUT2D eigenvalue weighted by molar-refractivity contribution is 7.92. The predicted molar refractivity (Wildman–Crippen MR) is 82.3 cm³/mol. The van der Waals surface area contributed by atoms with Gasteiger partial charge in [0.05, 0.1) is 15.0 Å². The summed E-state index contributed by atoms with van der Waals surface area (Å²) in [7, 11) is -3.36. The van der Waals surface area contributed by atoms with Gasteiger partial charge in [0.2, 0.25) is 0 Å². The number of hydrogen-bond acceptors (Lipinski definition) is 4. The molecule has 1 aromatic carbocycles. The van der Waals surface area contributed by atoms with Gasteiger partial charge in [-0.3, -0.25) is 4.79 Å². The maximum Gasteiger partial charge on any atom is 0.263 e. The van der Waals surface area contributed by atoms with Crippen LogP contribution in [0, 0.1) is 0 Å². The first-order valence-electron chi connectivity index (χ1n) is 6.71. The van der Waals surface area contributed by atoms with Gasteiger partial charge in [0.15, 0.2) is 9.84 Å². The summed E-state index contributed by atoms with van der Waals surface area (Å²) in [6.45, 7) is 0.765. The first-order valence-corrected chi connectivity index (χ1v) is 9.13. The Morgan fingerprint density at radius 3 is 2.57 bits per heavy atom. The highest BCUT2D eigenvalue weighted by atomic mass is 32.2. The van der Waals surface area contributed by atoms with Crippen molar-refractivity contribution in [3.63, 3.8) is 0 Å². The molecule has 1 saturated heterocycles. The standard InChI is InChI=1S/C15H15NO3S2/c17-15(14-7-4-10-20-14)16-9-8-13(11-16)21(18,19)12-5-2-1-3-6-12/h1-7,10,13H,8-9,11H2. The number of sulfone groups is 1. The van der Waals surface area contributed by atoms with Crippen molar-refractivity contribution >= 4 is 27.1 Å². The maximum absolute atomic E-state index is 12.6. The van der Waals surface area contributed by atoms with Crippen LogP contribution in [0.3, 0.4) is 0 Å². The number of thiophene rings is 1. The molecule has 0 radical (unpaired) electrons. The molecule has 1 aliphatic rings. The Kier molecular flexibility index (Phi) is 3.82. The van der Waals surface area contributed by atoms with Gasteiger partial charge < -0.3 is 4.90 Å². The molecule has 0 bridgehead atoms. The largest absolute Gasteiger partial charge is 0.337 e. The van der Waals surface area contributed by atoms with Crippen molar-refractivity contribution in [1.29, 1.82) is 0 Å². The third-order valence-electron chi connectivity index (χ3n) is 3.67. The van der Waals surface area contributed by atoms with Gasteiger partial charge in [0.25, 0.3) is 5.91 Å². The van der Waals surface area contributed by atoms with Crippen LogP contribution in [-0.2, 0) is 9.84 Å². The zero-order chi connectivity index (χ0) is 14.9. The second-order valence-electron chi connectivity index (χ2n) is 5.00. The van der Waals surface area contributed by atoms with E-state index in [9.17, 15) is 13.2 Å². The third kappa shape index (κ3) is 2.73. The van der Waals surface area contributed by atoms with Gasteiger partial charge in [0, 0.05) is 13.1 Å². The topological polar surface area (TPSA) is 54.5 Å². The molecule has 21 heavy (non-hydrogen) atoms. The highest BCUT2D eigenvalue weighted by Crippen LogP contribution is 2.25. The second-order valence-corrected chi connectivity index (χ2v) is 8.17. The quantitative estimate of drug-likeness (QED) is 0.872. The molecule has 2 aromatic rings. The van der Waals surface area contributed by atoms with Crippen molar-refractivity contribution in [3.05, 3.63) is 52.7 Å². The Labute approximate surface area is 127 Å². The van der Waals surface area contributed by atoms with Crippen molar-refractivity contribution in [2.45, 2.75) is 16.6 Å². The molecule has 4 nitrogen and oxygen atoms in total. The number of likely N-dealkylation sites (tertiary alicyclic amines) is 1. The fourth-order valence-electron chi connectivity index (χ4n) is 2.52. The molecule has 1 aliphatic heterocycles. The van der Waals surface area contributed by atoms with Crippen molar-refractivity contribution in [2.75, 3.05) is 13.1 Å². The number of amides is 1. The van der Waals surface area contributed by atoms with E-state index in [1.807, 2.05) is 11.4 Å². The van der Waals surface area contributed by atoms with E-state index in [0.29, 0.717) is 22.7 Å². The molecule has 0 spiro atoms. The van der Waals surface area contributed by atoms with Gasteiger partial charge in [-0.1, -0.05) is 24.3 Å². The summed E-state index contributed by atoms with van der Waals surface area (Å²) in [6.07, 6.45) is 0.494. The van der Waals surface area contributed by atoms with E-state index in [2.05, 4.69) is 0 Å². The van der Waals surface area contributed by atoms with Crippen molar-refractivity contribution in [2.24, 2.45) is 0 Å². The van der Waals surface area contributed by atoms with Crippen molar-refractivity contribution in [1.82, 2.24) is 4.90 Å². The molecule has 110 valence electrons. The molecule has 0 aliphatic carbocycles. The average molecular weight is 321 g/mol. The third-order valence-corrected chi connectivity index (χ3v) is 6.72. The van der Waals surface area contributed by atoms with Crippen LogP contribution in [0.5, 0.6) is 0 Å². The monoisotopic (exact) mass is 321 g/mol. The summed E-state index contributed by atoms with van der Waals surface area (Å²) in [5.74, 6) is -0.0734. The van der Waals surface area contributed by atoms with Crippen LogP contribution in [0.1, 0.15) is 16.1 Å². The molecular formula is C15H15NO3S2. The van der Waals surface area contributed by atoms with Gasteiger partial charge >= 0.3 is 0 Å². The number of carbonyl (C=O) groups is 1. The smallest absolute Gasteiger partial charge is 0.263 e. The summed E-state index contributed by atoms with van der Waals surface area (Å²) in [4.78, 5) is 14.9. The summed E-state index contributed by atoms with van der Waals surface area (Å²) in [5.41, 5.74) is 0. The summed E-state index contributed by atoms with van der Waals surface area (Å²) >= 11 is 1.38. The lowest BCUT2D eigenvalue weighted by Gasteiger charge is -2.16.